The van der Waals surface area contributed by atoms with Crippen molar-refractivity contribution in [1.82, 2.24) is 4.90 Å². The van der Waals surface area contributed by atoms with Crippen molar-refractivity contribution in [3.8, 4) is 5.75 Å². The first-order valence-electron chi connectivity index (χ1n) is 10.6. The van der Waals surface area contributed by atoms with Gasteiger partial charge in [-0.25, -0.2) is 0 Å². The summed E-state index contributed by atoms with van der Waals surface area (Å²) in [6.07, 6.45) is 6.47. The first-order chi connectivity index (χ1) is 13.7. The van der Waals surface area contributed by atoms with Gasteiger partial charge in [0, 0.05) is 12.5 Å². The van der Waals surface area contributed by atoms with E-state index in [1.807, 2.05) is 6.07 Å². The topological polar surface area (TPSA) is 29.5 Å². The highest BCUT2D eigenvalue weighted by Gasteiger charge is 2.41. The van der Waals surface area contributed by atoms with E-state index in [0.717, 1.165) is 30.9 Å². The Kier molecular flexibility index (Phi) is 5.70. The molecular formula is C25H31NO2. The minimum atomic E-state index is 0.166. The maximum absolute atomic E-state index is 12.8. The molecule has 2 aromatic carbocycles. The van der Waals surface area contributed by atoms with Crippen LogP contribution in [0, 0.1) is 11.8 Å². The predicted octanol–water partition coefficient (Wildman–Crippen LogP) is 5.41. The molecule has 1 amide bonds. The zero-order valence-electron chi connectivity index (χ0n) is 17.0. The third-order valence-corrected chi connectivity index (χ3v) is 6.81. The number of fused-ring (bicyclic) bond motifs is 1. The van der Waals surface area contributed by atoms with Crippen molar-refractivity contribution in [2.75, 3.05) is 7.11 Å². The van der Waals surface area contributed by atoms with E-state index in [-0.39, 0.29) is 6.04 Å². The van der Waals surface area contributed by atoms with Gasteiger partial charge in [-0.1, -0.05) is 42.5 Å². The lowest BCUT2D eigenvalue weighted by Gasteiger charge is -2.48. The highest BCUT2D eigenvalue weighted by molar-refractivity contribution is 5.78. The summed E-state index contributed by atoms with van der Waals surface area (Å²) < 4.78 is 5.27. The lowest BCUT2D eigenvalue weighted by Crippen LogP contribution is -2.51. The number of carbonyl (C=O) groups excluding carboxylic acids is 1. The molecule has 148 valence electrons. The van der Waals surface area contributed by atoms with Gasteiger partial charge in [0.1, 0.15) is 5.75 Å². The second-order valence-electron chi connectivity index (χ2n) is 8.49. The van der Waals surface area contributed by atoms with Gasteiger partial charge in [0.25, 0.3) is 0 Å². The fourth-order valence-corrected chi connectivity index (χ4v) is 5.32. The van der Waals surface area contributed by atoms with Crippen molar-refractivity contribution >= 4 is 5.91 Å². The molecule has 4 atom stereocenters. The Morgan fingerprint density at radius 1 is 1.04 bits per heavy atom. The van der Waals surface area contributed by atoms with Crippen LogP contribution in [0.15, 0.2) is 54.6 Å². The van der Waals surface area contributed by atoms with Crippen molar-refractivity contribution in [2.45, 2.75) is 57.5 Å². The average molecular weight is 378 g/mol. The number of benzene rings is 2. The number of amides is 1. The fourth-order valence-electron chi connectivity index (χ4n) is 5.32. The quantitative estimate of drug-likeness (QED) is 0.697. The Morgan fingerprint density at radius 2 is 1.79 bits per heavy atom. The molecule has 0 unspecified atom stereocenters. The molecule has 4 rings (SSSR count). The number of piperidine rings is 1. The second kappa shape index (κ2) is 8.38. The Morgan fingerprint density at radius 3 is 2.50 bits per heavy atom. The van der Waals surface area contributed by atoms with Gasteiger partial charge in [0.2, 0.25) is 5.91 Å². The molecule has 0 bridgehead atoms. The molecule has 1 aliphatic heterocycles. The van der Waals surface area contributed by atoms with Crippen LogP contribution in [-0.4, -0.2) is 24.0 Å². The molecule has 0 aromatic heterocycles. The van der Waals surface area contributed by atoms with Crippen LogP contribution in [-0.2, 0) is 11.2 Å². The van der Waals surface area contributed by atoms with Gasteiger partial charge >= 0.3 is 0 Å². The molecular weight excluding hydrogens is 346 g/mol. The number of ether oxygens (including phenoxy) is 1. The number of nitrogens with zero attached hydrogens (tertiary/aromatic N) is 1. The Labute approximate surface area is 168 Å². The van der Waals surface area contributed by atoms with Crippen LogP contribution in [0.3, 0.4) is 0 Å². The summed E-state index contributed by atoms with van der Waals surface area (Å²) in [7, 11) is 1.71. The minimum absolute atomic E-state index is 0.166. The lowest BCUT2D eigenvalue weighted by atomic mass is 9.71. The Bertz CT molecular complexity index is 786. The summed E-state index contributed by atoms with van der Waals surface area (Å²) >= 11 is 0. The number of methoxy groups -OCH3 is 1. The maximum atomic E-state index is 12.8. The number of likely N-dealkylation sites (tertiary alicyclic amines) is 1. The van der Waals surface area contributed by atoms with E-state index in [4.69, 9.17) is 4.74 Å². The van der Waals surface area contributed by atoms with Gasteiger partial charge in [0.15, 0.2) is 0 Å². The lowest BCUT2D eigenvalue weighted by molar-refractivity contribution is -0.144. The molecule has 1 heterocycles. The standard InChI is InChI=1S/C25H31NO2/c1-18(21-6-4-3-5-7-21)26-24-14-10-20(17-22(24)11-15-25(26)27)16-19-8-12-23(28-2)13-9-19/h3-9,12-13,18,20,22,24H,10-11,14-17H2,1-2H3/t18-,20+,22+,24-/m1/s1. The molecule has 1 aliphatic carbocycles. The average Bonchev–Trinajstić information content (AvgIpc) is 2.74. The maximum Gasteiger partial charge on any atom is 0.223 e. The van der Waals surface area contributed by atoms with E-state index in [1.54, 1.807) is 7.11 Å². The molecule has 0 N–H and O–H groups in total. The number of hydrogen-bond acceptors (Lipinski definition) is 2. The largest absolute Gasteiger partial charge is 0.497 e. The summed E-state index contributed by atoms with van der Waals surface area (Å²) in [4.78, 5) is 15.0. The van der Waals surface area contributed by atoms with Crippen LogP contribution >= 0.6 is 0 Å². The SMILES string of the molecule is COc1ccc(C[C@@H]2CC[C@@H]3[C@@H](CCC(=O)N3[C@H](C)c3ccccc3)C2)cc1. The second-order valence-corrected chi connectivity index (χ2v) is 8.49. The summed E-state index contributed by atoms with van der Waals surface area (Å²) in [5.74, 6) is 2.62. The monoisotopic (exact) mass is 377 g/mol. The highest BCUT2D eigenvalue weighted by atomic mass is 16.5. The zero-order valence-corrected chi connectivity index (χ0v) is 17.0. The van der Waals surface area contributed by atoms with Gasteiger partial charge < -0.3 is 9.64 Å². The van der Waals surface area contributed by atoms with Crippen LogP contribution in [0.25, 0.3) is 0 Å². The fraction of sp³-hybridized carbons (Fsp3) is 0.480. The summed E-state index contributed by atoms with van der Waals surface area (Å²) in [6.45, 7) is 2.19. The van der Waals surface area contributed by atoms with Gasteiger partial charge in [0.05, 0.1) is 13.2 Å². The molecule has 2 aliphatic rings. The van der Waals surface area contributed by atoms with E-state index in [0.29, 0.717) is 24.3 Å². The molecule has 1 saturated heterocycles. The first kappa shape index (κ1) is 19.0. The van der Waals surface area contributed by atoms with Crippen molar-refractivity contribution in [3.05, 3.63) is 65.7 Å². The van der Waals surface area contributed by atoms with Crippen LogP contribution in [0.5, 0.6) is 5.75 Å². The molecule has 28 heavy (non-hydrogen) atoms. The predicted molar refractivity (Wildman–Crippen MR) is 112 cm³/mol. The molecule has 2 fully saturated rings. The number of rotatable bonds is 5. The van der Waals surface area contributed by atoms with Gasteiger partial charge in [-0.15, -0.1) is 0 Å². The van der Waals surface area contributed by atoms with E-state index >= 15 is 0 Å². The number of hydrogen-bond donors (Lipinski definition) is 0. The van der Waals surface area contributed by atoms with Crippen molar-refractivity contribution in [3.63, 3.8) is 0 Å². The number of carbonyl (C=O) groups is 1. The van der Waals surface area contributed by atoms with Crippen molar-refractivity contribution in [2.24, 2.45) is 11.8 Å². The van der Waals surface area contributed by atoms with E-state index in [1.165, 1.54) is 24.0 Å². The van der Waals surface area contributed by atoms with Crippen LogP contribution in [0.1, 0.15) is 56.2 Å². The third kappa shape index (κ3) is 3.94. The molecule has 3 nitrogen and oxygen atoms in total. The summed E-state index contributed by atoms with van der Waals surface area (Å²) in [6, 6.07) is 19.6. The van der Waals surface area contributed by atoms with Crippen molar-refractivity contribution < 1.29 is 9.53 Å². The zero-order chi connectivity index (χ0) is 19.5. The van der Waals surface area contributed by atoms with Crippen LogP contribution in [0.2, 0.25) is 0 Å². The first-order valence-corrected chi connectivity index (χ1v) is 10.6. The molecule has 0 spiro atoms. The summed E-state index contributed by atoms with van der Waals surface area (Å²) in [5.41, 5.74) is 2.64. The third-order valence-electron chi connectivity index (χ3n) is 6.81. The highest BCUT2D eigenvalue weighted by Crippen LogP contribution is 2.42. The molecule has 1 saturated carbocycles. The van der Waals surface area contributed by atoms with E-state index in [2.05, 4.69) is 60.4 Å². The normalized spacial score (nSPS) is 25.9. The van der Waals surface area contributed by atoms with Gasteiger partial charge in [-0.3, -0.25) is 4.79 Å². The molecule has 0 radical (unpaired) electrons. The van der Waals surface area contributed by atoms with E-state index < -0.39 is 0 Å². The summed E-state index contributed by atoms with van der Waals surface area (Å²) in [5, 5.41) is 0. The smallest absolute Gasteiger partial charge is 0.223 e. The van der Waals surface area contributed by atoms with Gasteiger partial charge in [-0.05, 0) is 74.1 Å². The van der Waals surface area contributed by atoms with E-state index in [9.17, 15) is 4.79 Å². The molecule has 2 aromatic rings. The minimum Gasteiger partial charge on any atom is -0.497 e. The van der Waals surface area contributed by atoms with Crippen LogP contribution in [0.4, 0.5) is 0 Å². The Balaban J connectivity index is 1.44. The van der Waals surface area contributed by atoms with Crippen LogP contribution < -0.4 is 4.74 Å². The van der Waals surface area contributed by atoms with Gasteiger partial charge in [-0.2, -0.15) is 0 Å². The van der Waals surface area contributed by atoms with Crippen molar-refractivity contribution in [1.29, 1.82) is 0 Å². The molecule has 3 heteroatoms. The Hall–Kier alpha value is -2.29.